The summed E-state index contributed by atoms with van der Waals surface area (Å²) < 4.78 is 29.7. The quantitative estimate of drug-likeness (QED) is 0.460. The average molecular weight is 548 g/mol. The molecular weight excluding hydrogens is 510 g/mol. The molecule has 0 spiro atoms. The topological polar surface area (TPSA) is 82.9 Å². The zero-order chi connectivity index (χ0) is 27.0. The maximum absolute atomic E-state index is 14.0. The van der Waals surface area contributed by atoms with E-state index in [9.17, 15) is 13.2 Å². The smallest absolute Gasteiger partial charge is 0.231 e. The molecule has 1 saturated carbocycles. The summed E-state index contributed by atoms with van der Waals surface area (Å²) >= 11 is 0. The molecule has 0 radical (unpaired) electrons. The second kappa shape index (κ2) is 10.4. The highest BCUT2D eigenvalue weighted by Gasteiger charge is 2.52. The summed E-state index contributed by atoms with van der Waals surface area (Å²) in [5, 5.41) is 3.39. The monoisotopic (exact) mass is 547 g/mol. The van der Waals surface area contributed by atoms with Gasteiger partial charge in [-0.3, -0.25) is 4.79 Å². The van der Waals surface area contributed by atoms with Crippen LogP contribution >= 0.6 is 0 Å². The average Bonchev–Trinajstić information content (AvgIpc) is 3.67. The minimum absolute atomic E-state index is 0.0202. The molecule has 1 aromatic heterocycles. The van der Waals surface area contributed by atoms with E-state index in [1.54, 1.807) is 0 Å². The van der Waals surface area contributed by atoms with Gasteiger partial charge in [0.2, 0.25) is 5.91 Å². The fourth-order valence-corrected chi connectivity index (χ4v) is 7.27. The van der Waals surface area contributed by atoms with E-state index in [2.05, 4.69) is 33.3 Å². The van der Waals surface area contributed by atoms with E-state index in [0.29, 0.717) is 13.1 Å². The van der Waals surface area contributed by atoms with Crippen molar-refractivity contribution < 1.29 is 17.6 Å². The standard InChI is InChI=1S/C31H37N3O4S/c1-23-9-14-28(38-23)29(26-7-3-4-8-27(26)34-17-5-2-6-18-34)32-30(35)31(15-16-31)24-10-12-25(13-11-24)33-19-21-39(36,37)22-20-33/h3-4,7-14,29H,2,5-6,15-22H2,1H3,(H,32,35). The largest absolute Gasteiger partial charge is 0.464 e. The Morgan fingerprint density at radius 2 is 1.56 bits per heavy atom. The first-order chi connectivity index (χ1) is 18.8. The van der Waals surface area contributed by atoms with Crippen molar-refractivity contribution in [1.29, 1.82) is 0 Å². The van der Waals surface area contributed by atoms with Gasteiger partial charge in [-0.1, -0.05) is 30.3 Å². The third-order valence-electron chi connectivity index (χ3n) is 8.58. The number of amides is 1. The molecule has 2 aliphatic heterocycles. The first kappa shape index (κ1) is 26.0. The van der Waals surface area contributed by atoms with Crippen molar-refractivity contribution in [3.63, 3.8) is 0 Å². The Labute approximate surface area is 231 Å². The molecule has 7 nitrogen and oxygen atoms in total. The van der Waals surface area contributed by atoms with Crippen LogP contribution in [0.15, 0.2) is 65.1 Å². The summed E-state index contributed by atoms with van der Waals surface area (Å²) in [5.74, 6) is 1.96. The lowest BCUT2D eigenvalue weighted by atomic mass is 9.93. The molecule has 1 N–H and O–H groups in total. The Kier molecular flexibility index (Phi) is 6.91. The van der Waals surface area contributed by atoms with E-state index in [0.717, 1.165) is 60.0 Å². The molecule has 1 atom stereocenters. The van der Waals surface area contributed by atoms with E-state index >= 15 is 0 Å². The van der Waals surface area contributed by atoms with E-state index in [1.807, 2.05) is 49.4 Å². The Morgan fingerprint density at radius 3 is 2.21 bits per heavy atom. The molecule has 1 amide bonds. The van der Waals surface area contributed by atoms with Crippen molar-refractivity contribution in [2.75, 3.05) is 47.5 Å². The zero-order valence-electron chi connectivity index (χ0n) is 22.6. The van der Waals surface area contributed by atoms with Crippen LogP contribution in [0.25, 0.3) is 0 Å². The molecule has 8 heteroatoms. The second-order valence-corrected chi connectivity index (χ2v) is 13.5. The van der Waals surface area contributed by atoms with Crippen molar-refractivity contribution in [1.82, 2.24) is 5.32 Å². The minimum Gasteiger partial charge on any atom is -0.464 e. The van der Waals surface area contributed by atoms with Crippen LogP contribution in [0.3, 0.4) is 0 Å². The number of furan rings is 1. The van der Waals surface area contributed by atoms with Crippen LogP contribution in [0.1, 0.15) is 60.8 Å². The summed E-state index contributed by atoms with van der Waals surface area (Å²) in [7, 11) is -2.93. The maximum Gasteiger partial charge on any atom is 0.231 e. The number of aryl methyl sites for hydroxylation is 1. The molecule has 3 heterocycles. The van der Waals surface area contributed by atoms with E-state index in [1.165, 1.54) is 19.3 Å². The SMILES string of the molecule is Cc1ccc(C(NC(=O)C2(c3ccc(N4CCS(=O)(=O)CC4)cc3)CC2)c2ccccc2N2CCCCC2)o1. The summed E-state index contributed by atoms with van der Waals surface area (Å²) in [6, 6.07) is 20.1. The number of sulfone groups is 1. The van der Waals surface area contributed by atoms with Gasteiger partial charge < -0.3 is 19.5 Å². The molecule has 3 fully saturated rings. The number of anilines is 2. The van der Waals surface area contributed by atoms with Crippen LogP contribution in [-0.4, -0.2) is 52.0 Å². The Hall–Kier alpha value is -3.26. The van der Waals surface area contributed by atoms with Crippen molar-refractivity contribution in [3.8, 4) is 0 Å². The zero-order valence-corrected chi connectivity index (χ0v) is 23.4. The van der Waals surface area contributed by atoms with Crippen LogP contribution < -0.4 is 15.1 Å². The molecule has 0 bridgehead atoms. The van der Waals surface area contributed by atoms with Gasteiger partial charge in [-0.2, -0.15) is 0 Å². The van der Waals surface area contributed by atoms with Crippen LogP contribution in [-0.2, 0) is 20.0 Å². The summed E-state index contributed by atoms with van der Waals surface area (Å²) in [5.41, 5.74) is 3.68. The van der Waals surface area contributed by atoms with Crippen LogP contribution in [0.2, 0.25) is 0 Å². The van der Waals surface area contributed by atoms with Gasteiger partial charge in [-0.25, -0.2) is 8.42 Å². The van der Waals surface area contributed by atoms with Gasteiger partial charge in [-0.15, -0.1) is 0 Å². The van der Waals surface area contributed by atoms with Crippen molar-refractivity contribution in [2.45, 2.75) is 50.5 Å². The molecule has 3 aromatic rings. The number of nitrogens with one attached hydrogen (secondary N) is 1. The highest BCUT2D eigenvalue weighted by molar-refractivity contribution is 7.91. The highest BCUT2D eigenvalue weighted by atomic mass is 32.2. The maximum atomic E-state index is 14.0. The Balaban J connectivity index is 1.25. The van der Waals surface area contributed by atoms with Gasteiger partial charge in [0.15, 0.2) is 9.84 Å². The normalized spacial score (nSPS) is 20.8. The fraction of sp³-hybridized carbons (Fsp3) is 0.452. The lowest BCUT2D eigenvalue weighted by Gasteiger charge is -2.33. The number of hydrogen-bond donors (Lipinski definition) is 1. The number of benzene rings is 2. The first-order valence-corrected chi connectivity index (χ1v) is 15.9. The van der Waals surface area contributed by atoms with Gasteiger partial charge in [0.1, 0.15) is 17.6 Å². The van der Waals surface area contributed by atoms with Crippen molar-refractivity contribution >= 4 is 27.1 Å². The number of carbonyl (C=O) groups is 1. The van der Waals surface area contributed by atoms with Crippen molar-refractivity contribution in [2.24, 2.45) is 0 Å². The molecular formula is C31H37N3O4S. The number of rotatable bonds is 7. The summed E-state index contributed by atoms with van der Waals surface area (Å²) in [6.45, 7) is 4.99. The molecule has 39 heavy (non-hydrogen) atoms. The first-order valence-electron chi connectivity index (χ1n) is 14.1. The molecule has 206 valence electrons. The summed E-state index contributed by atoms with van der Waals surface area (Å²) in [4.78, 5) is 18.5. The van der Waals surface area contributed by atoms with Gasteiger partial charge in [0, 0.05) is 43.1 Å². The third kappa shape index (κ3) is 5.31. The number of hydrogen-bond acceptors (Lipinski definition) is 6. The predicted octanol–water partition coefficient (Wildman–Crippen LogP) is 4.75. The lowest BCUT2D eigenvalue weighted by Crippen LogP contribution is -2.40. The molecule has 1 unspecified atom stereocenters. The van der Waals surface area contributed by atoms with E-state index < -0.39 is 15.3 Å². The molecule has 2 aromatic carbocycles. The number of nitrogens with zero attached hydrogens (tertiary/aromatic N) is 2. The number of para-hydroxylation sites is 1. The van der Waals surface area contributed by atoms with E-state index in [-0.39, 0.29) is 23.5 Å². The third-order valence-corrected chi connectivity index (χ3v) is 10.2. The van der Waals surface area contributed by atoms with E-state index in [4.69, 9.17) is 4.42 Å². The van der Waals surface area contributed by atoms with Gasteiger partial charge in [-0.05, 0) is 74.9 Å². The Bertz CT molecular complexity index is 1420. The number of carbonyl (C=O) groups excluding carboxylic acids is 1. The van der Waals surface area contributed by atoms with Gasteiger partial charge in [0.25, 0.3) is 0 Å². The van der Waals surface area contributed by atoms with Crippen LogP contribution in [0, 0.1) is 6.92 Å². The fourth-order valence-electron chi connectivity index (χ4n) is 6.07. The van der Waals surface area contributed by atoms with Gasteiger partial charge in [0.05, 0.1) is 16.9 Å². The molecule has 2 saturated heterocycles. The molecule has 1 aliphatic carbocycles. The number of piperidine rings is 1. The van der Waals surface area contributed by atoms with Crippen LogP contribution in [0.4, 0.5) is 11.4 Å². The summed E-state index contributed by atoms with van der Waals surface area (Å²) in [6.07, 6.45) is 5.22. The minimum atomic E-state index is -2.93. The van der Waals surface area contributed by atoms with Gasteiger partial charge >= 0.3 is 0 Å². The highest BCUT2D eigenvalue weighted by Crippen LogP contribution is 2.49. The second-order valence-electron chi connectivity index (χ2n) is 11.2. The molecule has 3 aliphatic rings. The lowest BCUT2D eigenvalue weighted by molar-refractivity contribution is -0.124. The molecule has 6 rings (SSSR count). The van der Waals surface area contributed by atoms with Crippen LogP contribution in [0.5, 0.6) is 0 Å². The Morgan fingerprint density at radius 1 is 0.872 bits per heavy atom. The predicted molar refractivity (Wildman–Crippen MR) is 154 cm³/mol. The van der Waals surface area contributed by atoms with Crippen molar-refractivity contribution in [3.05, 3.63) is 83.3 Å².